The fourth-order valence-electron chi connectivity index (χ4n) is 1.75. The largest absolute Gasteiger partial charge is 0.330 e. The molecule has 2 atom stereocenters. The number of nitrogens with one attached hydrogen (secondary N) is 1. The summed E-state index contributed by atoms with van der Waals surface area (Å²) in [6.07, 6.45) is 1.75. The third-order valence-electron chi connectivity index (χ3n) is 2.68. The first-order valence-electron chi connectivity index (χ1n) is 5.17. The zero-order valence-corrected chi connectivity index (χ0v) is 9.52. The molecular weight excluding hydrogens is 200 g/mol. The molecule has 0 radical (unpaired) electrons. The van der Waals surface area contributed by atoms with E-state index in [1.54, 1.807) is 0 Å². The molecule has 84 valence electrons. The van der Waals surface area contributed by atoms with Gasteiger partial charge in [-0.05, 0) is 38.8 Å². The molecule has 14 heavy (non-hydrogen) atoms. The monoisotopic (exact) mass is 220 g/mol. The van der Waals surface area contributed by atoms with Gasteiger partial charge in [-0.15, -0.1) is 0 Å². The molecule has 0 spiro atoms. The van der Waals surface area contributed by atoms with Crippen LogP contribution < -0.4 is 11.1 Å². The highest BCUT2D eigenvalue weighted by Crippen LogP contribution is 2.17. The second-order valence-electron chi connectivity index (χ2n) is 4.16. The Balaban J connectivity index is 2.20. The summed E-state index contributed by atoms with van der Waals surface area (Å²) < 4.78 is 22.3. The van der Waals surface area contributed by atoms with Gasteiger partial charge in [0.05, 0.1) is 11.5 Å². The average molecular weight is 220 g/mol. The minimum Gasteiger partial charge on any atom is -0.330 e. The van der Waals surface area contributed by atoms with E-state index in [1.165, 1.54) is 0 Å². The number of sulfone groups is 1. The van der Waals surface area contributed by atoms with Crippen LogP contribution in [-0.4, -0.2) is 39.1 Å². The van der Waals surface area contributed by atoms with E-state index < -0.39 is 9.84 Å². The molecule has 3 N–H and O–H groups in total. The number of hydrogen-bond acceptors (Lipinski definition) is 4. The first-order valence-corrected chi connectivity index (χ1v) is 6.99. The average Bonchev–Trinajstić information content (AvgIpc) is 2.43. The Morgan fingerprint density at radius 1 is 1.57 bits per heavy atom. The van der Waals surface area contributed by atoms with Crippen molar-refractivity contribution in [2.24, 2.45) is 11.7 Å². The summed E-state index contributed by atoms with van der Waals surface area (Å²) in [6.45, 7) is 3.56. The summed E-state index contributed by atoms with van der Waals surface area (Å²) in [5.41, 5.74) is 5.42. The Hall–Kier alpha value is -0.130. The summed E-state index contributed by atoms with van der Waals surface area (Å²) in [6, 6.07) is 0.392. The maximum atomic E-state index is 11.2. The molecule has 1 heterocycles. The van der Waals surface area contributed by atoms with Gasteiger partial charge in [-0.2, -0.15) is 0 Å². The standard InChI is InChI=1S/C9H20N2O2S/c1-8(2-4-10)11-6-9-3-5-14(12,13)7-9/h8-9,11H,2-7,10H2,1H3. The lowest BCUT2D eigenvalue weighted by molar-refractivity contribution is 0.453. The van der Waals surface area contributed by atoms with Crippen molar-refractivity contribution >= 4 is 9.84 Å². The Morgan fingerprint density at radius 2 is 2.29 bits per heavy atom. The second kappa shape index (κ2) is 5.09. The zero-order valence-electron chi connectivity index (χ0n) is 8.70. The highest BCUT2D eigenvalue weighted by Gasteiger charge is 2.27. The van der Waals surface area contributed by atoms with Crippen LogP contribution >= 0.6 is 0 Å². The lowest BCUT2D eigenvalue weighted by Crippen LogP contribution is -2.33. The molecule has 1 fully saturated rings. The van der Waals surface area contributed by atoms with Crippen molar-refractivity contribution in [1.82, 2.24) is 5.32 Å². The van der Waals surface area contributed by atoms with E-state index >= 15 is 0 Å². The number of nitrogens with two attached hydrogens (primary N) is 1. The van der Waals surface area contributed by atoms with Crippen molar-refractivity contribution in [3.63, 3.8) is 0 Å². The molecule has 0 bridgehead atoms. The molecule has 1 aliphatic rings. The van der Waals surface area contributed by atoms with Gasteiger partial charge < -0.3 is 11.1 Å². The molecule has 1 rings (SSSR count). The van der Waals surface area contributed by atoms with Gasteiger partial charge in [0.15, 0.2) is 9.84 Å². The van der Waals surface area contributed by atoms with Crippen LogP contribution in [0, 0.1) is 5.92 Å². The van der Waals surface area contributed by atoms with Crippen molar-refractivity contribution in [3.8, 4) is 0 Å². The van der Waals surface area contributed by atoms with Gasteiger partial charge in [-0.3, -0.25) is 0 Å². The second-order valence-corrected chi connectivity index (χ2v) is 6.38. The van der Waals surface area contributed by atoms with Crippen molar-refractivity contribution in [3.05, 3.63) is 0 Å². The Morgan fingerprint density at radius 3 is 2.79 bits per heavy atom. The summed E-state index contributed by atoms with van der Waals surface area (Å²) >= 11 is 0. The minimum atomic E-state index is -2.72. The van der Waals surface area contributed by atoms with E-state index in [4.69, 9.17) is 5.73 Å². The topological polar surface area (TPSA) is 72.2 Å². The van der Waals surface area contributed by atoms with Gasteiger partial charge in [-0.1, -0.05) is 0 Å². The van der Waals surface area contributed by atoms with Gasteiger partial charge in [0.1, 0.15) is 0 Å². The minimum absolute atomic E-state index is 0.306. The number of rotatable bonds is 5. The van der Waals surface area contributed by atoms with Gasteiger partial charge in [-0.25, -0.2) is 8.42 Å². The van der Waals surface area contributed by atoms with Crippen LogP contribution in [0.1, 0.15) is 19.8 Å². The predicted octanol–water partition coefficient (Wildman–Crippen LogP) is -0.252. The van der Waals surface area contributed by atoms with E-state index in [-0.39, 0.29) is 0 Å². The smallest absolute Gasteiger partial charge is 0.150 e. The molecule has 0 saturated carbocycles. The van der Waals surface area contributed by atoms with Gasteiger partial charge >= 0.3 is 0 Å². The fraction of sp³-hybridized carbons (Fsp3) is 1.00. The molecule has 5 heteroatoms. The number of hydrogen-bond donors (Lipinski definition) is 2. The normalized spacial score (nSPS) is 27.7. The maximum absolute atomic E-state index is 11.2. The predicted molar refractivity (Wildman–Crippen MR) is 57.9 cm³/mol. The Kier molecular flexibility index (Phi) is 4.34. The van der Waals surface area contributed by atoms with Crippen molar-refractivity contribution in [2.75, 3.05) is 24.6 Å². The van der Waals surface area contributed by atoms with E-state index in [0.717, 1.165) is 19.4 Å². The van der Waals surface area contributed by atoms with Crippen LogP contribution in [-0.2, 0) is 9.84 Å². The van der Waals surface area contributed by atoms with E-state index in [0.29, 0.717) is 30.0 Å². The first kappa shape index (κ1) is 11.9. The van der Waals surface area contributed by atoms with Gasteiger partial charge in [0.2, 0.25) is 0 Å². The van der Waals surface area contributed by atoms with Crippen molar-refractivity contribution < 1.29 is 8.42 Å². The van der Waals surface area contributed by atoms with Gasteiger partial charge in [0.25, 0.3) is 0 Å². The Labute approximate surface area is 86.2 Å². The lowest BCUT2D eigenvalue weighted by atomic mass is 10.1. The van der Waals surface area contributed by atoms with Crippen LogP contribution in [0.5, 0.6) is 0 Å². The highest BCUT2D eigenvalue weighted by atomic mass is 32.2. The molecule has 2 unspecified atom stereocenters. The van der Waals surface area contributed by atoms with E-state index in [9.17, 15) is 8.42 Å². The molecular formula is C9H20N2O2S. The highest BCUT2D eigenvalue weighted by molar-refractivity contribution is 7.91. The van der Waals surface area contributed by atoms with Crippen molar-refractivity contribution in [2.45, 2.75) is 25.8 Å². The third-order valence-corrected chi connectivity index (χ3v) is 4.52. The fourth-order valence-corrected chi connectivity index (χ4v) is 3.61. The zero-order chi connectivity index (χ0) is 10.6. The molecule has 4 nitrogen and oxygen atoms in total. The molecule has 0 aromatic rings. The summed E-state index contributed by atoms with van der Waals surface area (Å²) in [7, 11) is -2.72. The molecule has 1 aliphatic heterocycles. The summed E-state index contributed by atoms with van der Waals surface area (Å²) in [5.74, 6) is 1.03. The summed E-state index contributed by atoms with van der Waals surface area (Å²) in [5, 5.41) is 3.32. The molecule has 1 saturated heterocycles. The quantitative estimate of drug-likeness (QED) is 0.670. The van der Waals surface area contributed by atoms with E-state index in [2.05, 4.69) is 12.2 Å². The lowest BCUT2D eigenvalue weighted by Gasteiger charge is -2.15. The summed E-state index contributed by atoms with van der Waals surface area (Å²) in [4.78, 5) is 0. The van der Waals surface area contributed by atoms with Crippen LogP contribution in [0.25, 0.3) is 0 Å². The van der Waals surface area contributed by atoms with Crippen molar-refractivity contribution in [1.29, 1.82) is 0 Å². The third kappa shape index (κ3) is 3.94. The van der Waals surface area contributed by atoms with Crippen LogP contribution in [0.15, 0.2) is 0 Å². The Bertz CT molecular complexity index is 264. The van der Waals surface area contributed by atoms with Crippen LogP contribution in [0.3, 0.4) is 0 Å². The van der Waals surface area contributed by atoms with Crippen LogP contribution in [0.2, 0.25) is 0 Å². The molecule has 0 aliphatic carbocycles. The molecule has 0 aromatic carbocycles. The van der Waals surface area contributed by atoms with E-state index in [1.807, 2.05) is 0 Å². The van der Waals surface area contributed by atoms with Crippen LogP contribution in [0.4, 0.5) is 0 Å². The molecule has 0 amide bonds. The van der Waals surface area contributed by atoms with Gasteiger partial charge in [0, 0.05) is 6.04 Å². The first-order chi connectivity index (χ1) is 6.53. The molecule has 0 aromatic heterocycles. The maximum Gasteiger partial charge on any atom is 0.150 e. The SMILES string of the molecule is CC(CCN)NCC1CCS(=O)(=O)C1.